The quantitative estimate of drug-likeness (QED) is 0.738. The molecule has 0 aliphatic heterocycles. The third-order valence-corrected chi connectivity index (χ3v) is 2.41. The van der Waals surface area contributed by atoms with E-state index in [-0.39, 0.29) is 5.75 Å². The largest absolute Gasteiger partial charge is 0.462 e. The highest BCUT2D eigenvalue weighted by Gasteiger charge is 2.30. The zero-order valence-corrected chi connectivity index (χ0v) is 8.55. The van der Waals surface area contributed by atoms with Crippen LogP contribution in [0.25, 0.3) is 0 Å². The minimum Gasteiger partial charge on any atom is -0.462 e. The average molecular weight is 228 g/mol. The van der Waals surface area contributed by atoms with Gasteiger partial charge in [-0.15, -0.1) is 0 Å². The molecule has 0 N–H and O–H groups in total. The maximum absolute atomic E-state index is 12.4. The zero-order chi connectivity index (χ0) is 11.6. The number of ether oxygens (including phenoxy) is 1. The van der Waals surface area contributed by atoms with E-state index in [1.807, 2.05) is 6.08 Å². The highest BCUT2D eigenvalue weighted by molar-refractivity contribution is 5.31. The molecule has 1 aromatic carbocycles. The lowest BCUT2D eigenvalue weighted by Gasteiger charge is -2.10. The minimum atomic E-state index is -4.32. The SMILES string of the molecule is FC(F)(F)c1cccc(OC2=CCCC2)c1. The molecule has 1 aliphatic carbocycles. The maximum Gasteiger partial charge on any atom is 0.416 e. The van der Waals surface area contributed by atoms with Crippen LogP contribution in [0.4, 0.5) is 13.2 Å². The van der Waals surface area contributed by atoms with Crippen molar-refractivity contribution in [3.05, 3.63) is 41.7 Å². The van der Waals surface area contributed by atoms with Crippen LogP contribution in [0.3, 0.4) is 0 Å². The van der Waals surface area contributed by atoms with Crippen molar-refractivity contribution < 1.29 is 17.9 Å². The molecular weight excluding hydrogens is 217 g/mol. The van der Waals surface area contributed by atoms with Gasteiger partial charge < -0.3 is 4.74 Å². The molecule has 0 amide bonds. The molecule has 16 heavy (non-hydrogen) atoms. The molecule has 1 nitrogen and oxygen atoms in total. The summed E-state index contributed by atoms with van der Waals surface area (Å²) in [6, 6.07) is 4.96. The van der Waals surface area contributed by atoms with Crippen molar-refractivity contribution in [3.8, 4) is 5.75 Å². The molecule has 0 saturated carbocycles. The fourth-order valence-corrected chi connectivity index (χ4v) is 1.62. The van der Waals surface area contributed by atoms with E-state index in [2.05, 4.69) is 0 Å². The number of hydrogen-bond donors (Lipinski definition) is 0. The van der Waals surface area contributed by atoms with Gasteiger partial charge in [0, 0.05) is 6.42 Å². The molecule has 0 spiro atoms. The van der Waals surface area contributed by atoms with Crippen LogP contribution in [0.5, 0.6) is 5.75 Å². The van der Waals surface area contributed by atoms with Gasteiger partial charge in [0.2, 0.25) is 0 Å². The van der Waals surface area contributed by atoms with Gasteiger partial charge in [0.15, 0.2) is 0 Å². The van der Waals surface area contributed by atoms with E-state index < -0.39 is 11.7 Å². The normalized spacial score (nSPS) is 16.1. The first-order valence-electron chi connectivity index (χ1n) is 5.10. The van der Waals surface area contributed by atoms with Crippen molar-refractivity contribution in [2.75, 3.05) is 0 Å². The van der Waals surface area contributed by atoms with E-state index >= 15 is 0 Å². The Morgan fingerprint density at radius 3 is 2.62 bits per heavy atom. The lowest BCUT2D eigenvalue weighted by atomic mass is 10.2. The van der Waals surface area contributed by atoms with Crippen LogP contribution in [0.1, 0.15) is 24.8 Å². The fourth-order valence-electron chi connectivity index (χ4n) is 1.62. The Balaban J connectivity index is 2.16. The van der Waals surface area contributed by atoms with Gasteiger partial charge in [-0.1, -0.05) is 6.07 Å². The summed E-state index contributed by atoms with van der Waals surface area (Å²) in [5, 5.41) is 0. The molecule has 86 valence electrons. The van der Waals surface area contributed by atoms with Crippen LogP contribution in [-0.2, 0) is 6.18 Å². The van der Waals surface area contributed by atoms with Crippen LogP contribution in [-0.4, -0.2) is 0 Å². The van der Waals surface area contributed by atoms with Crippen molar-refractivity contribution >= 4 is 0 Å². The molecule has 0 heterocycles. The van der Waals surface area contributed by atoms with Gasteiger partial charge in [-0.3, -0.25) is 0 Å². The lowest BCUT2D eigenvalue weighted by molar-refractivity contribution is -0.137. The standard InChI is InChI=1S/C12H11F3O/c13-12(14,15)9-4-3-7-11(8-9)16-10-5-1-2-6-10/h3-5,7-8H,1-2,6H2. The van der Waals surface area contributed by atoms with Crippen LogP contribution in [0, 0.1) is 0 Å². The Kier molecular flexibility index (Phi) is 2.90. The summed E-state index contributed by atoms with van der Waals surface area (Å²) in [6.45, 7) is 0. The van der Waals surface area contributed by atoms with Gasteiger partial charge in [0.05, 0.1) is 5.56 Å². The van der Waals surface area contributed by atoms with E-state index in [0.717, 1.165) is 37.2 Å². The summed E-state index contributed by atoms with van der Waals surface area (Å²) < 4.78 is 42.6. The second kappa shape index (κ2) is 4.20. The van der Waals surface area contributed by atoms with Crippen molar-refractivity contribution in [3.63, 3.8) is 0 Å². The first kappa shape index (κ1) is 11.0. The topological polar surface area (TPSA) is 9.23 Å². The smallest absolute Gasteiger partial charge is 0.416 e. The summed E-state index contributed by atoms with van der Waals surface area (Å²) in [6.07, 6.45) is 0.350. The number of allylic oxidation sites excluding steroid dienone is 2. The van der Waals surface area contributed by atoms with E-state index in [1.165, 1.54) is 12.1 Å². The van der Waals surface area contributed by atoms with Crippen LogP contribution in [0.2, 0.25) is 0 Å². The highest BCUT2D eigenvalue weighted by atomic mass is 19.4. The molecule has 0 atom stereocenters. The molecule has 4 heteroatoms. The second-order valence-corrected chi connectivity index (χ2v) is 3.69. The summed E-state index contributed by atoms with van der Waals surface area (Å²) in [5.41, 5.74) is -0.677. The number of halogens is 3. The van der Waals surface area contributed by atoms with Gasteiger partial charge in [-0.05, 0) is 37.1 Å². The molecule has 0 radical (unpaired) electrons. The van der Waals surface area contributed by atoms with E-state index in [9.17, 15) is 13.2 Å². The summed E-state index contributed by atoms with van der Waals surface area (Å²) in [7, 11) is 0. The Morgan fingerprint density at radius 1 is 1.19 bits per heavy atom. The second-order valence-electron chi connectivity index (χ2n) is 3.69. The van der Waals surface area contributed by atoms with Crippen molar-refractivity contribution in [1.29, 1.82) is 0 Å². The molecule has 0 unspecified atom stereocenters. The third-order valence-electron chi connectivity index (χ3n) is 2.41. The number of hydrogen-bond acceptors (Lipinski definition) is 1. The molecule has 0 bridgehead atoms. The molecule has 0 saturated heterocycles. The van der Waals surface area contributed by atoms with Crippen LogP contribution >= 0.6 is 0 Å². The van der Waals surface area contributed by atoms with Crippen molar-refractivity contribution in [1.82, 2.24) is 0 Å². The van der Waals surface area contributed by atoms with Crippen LogP contribution < -0.4 is 4.74 Å². The molecule has 0 fully saturated rings. The minimum absolute atomic E-state index is 0.253. The third kappa shape index (κ3) is 2.56. The first-order chi connectivity index (χ1) is 7.55. The fraction of sp³-hybridized carbons (Fsp3) is 0.333. The molecule has 2 rings (SSSR count). The van der Waals surface area contributed by atoms with Gasteiger partial charge in [0.1, 0.15) is 11.5 Å². The van der Waals surface area contributed by atoms with E-state index in [0.29, 0.717) is 0 Å². The first-order valence-corrected chi connectivity index (χ1v) is 5.10. The molecule has 1 aromatic rings. The number of benzene rings is 1. The Morgan fingerprint density at radius 2 is 2.00 bits per heavy atom. The predicted molar refractivity (Wildman–Crippen MR) is 54.0 cm³/mol. The number of rotatable bonds is 2. The zero-order valence-electron chi connectivity index (χ0n) is 8.55. The summed E-state index contributed by atoms with van der Waals surface area (Å²) in [4.78, 5) is 0. The molecular formula is C12H11F3O. The van der Waals surface area contributed by atoms with Gasteiger partial charge >= 0.3 is 6.18 Å². The Bertz CT molecular complexity index is 407. The lowest BCUT2D eigenvalue weighted by Crippen LogP contribution is -2.04. The van der Waals surface area contributed by atoms with Gasteiger partial charge in [-0.25, -0.2) is 0 Å². The Hall–Kier alpha value is -1.45. The molecule has 1 aliphatic rings. The summed E-state index contributed by atoms with van der Waals surface area (Å²) in [5.74, 6) is 1.02. The number of alkyl halides is 3. The molecule has 0 aromatic heterocycles. The van der Waals surface area contributed by atoms with E-state index in [4.69, 9.17) is 4.74 Å². The van der Waals surface area contributed by atoms with Crippen molar-refractivity contribution in [2.45, 2.75) is 25.4 Å². The Labute approximate surface area is 91.5 Å². The average Bonchev–Trinajstić information content (AvgIpc) is 2.70. The van der Waals surface area contributed by atoms with E-state index in [1.54, 1.807) is 0 Å². The maximum atomic E-state index is 12.4. The van der Waals surface area contributed by atoms with Gasteiger partial charge in [0.25, 0.3) is 0 Å². The van der Waals surface area contributed by atoms with Crippen molar-refractivity contribution in [2.24, 2.45) is 0 Å². The summed E-state index contributed by atoms with van der Waals surface area (Å²) >= 11 is 0. The van der Waals surface area contributed by atoms with Crippen LogP contribution in [0.15, 0.2) is 36.1 Å². The highest BCUT2D eigenvalue weighted by Crippen LogP contribution is 2.32. The predicted octanol–water partition coefficient (Wildman–Crippen LogP) is 4.15. The van der Waals surface area contributed by atoms with Gasteiger partial charge in [-0.2, -0.15) is 13.2 Å². The monoisotopic (exact) mass is 228 g/mol.